The van der Waals surface area contributed by atoms with E-state index in [1.54, 1.807) is 18.5 Å². The van der Waals surface area contributed by atoms with Crippen molar-refractivity contribution in [3.8, 4) is 0 Å². The summed E-state index contributed by atoms with van der Waals surface area (Å²) in [6.45, 7) is 0. The summed E-state index contributed by atoms with van der Waals surface area (Å²) in [6.07, 6.45) is 3.27. The number of nitrogens with zero attached hydrogens (tertiary/aromatic N) is 2. The Labute approximate surface area is 58.9 Å². The van der Waals surface area contributed by atoms with Crippen LogP contribution in [0.3, 0.4) is 0 Å². The van der Waals surface area contributed by atoms with Crippen molar-refractivity contribution in [2.75, 3.05) is 0 Å². The third kappa shape index (κ3) is 0.691. The molecule has 0 aliphatic heterocycles. The molecular weight excluding hydrogens is 125 g/mol. The summed E-state index contributed by atoms with van der Waals surface area (Å²) in [7, 11) is 5.47. The zero-order valence-corrected chi connectivity index (χ0v) is 5.20. The van der Waals surface area contributed by atoms with Crippen molar-refractivity contribution < 1.29 is 0 Å². The van der Waals surface area contributed by atoms with Crippen LogP contribution in [0.4, 0.5) is 0 Å². The molecule has 0 saturated heterocycles. The molecule has 0 saturated carbocycles. The first-order valence-electron chi connectivity index (χ1n) is 2.91. The maximum atomic E-state index is 5.47. The highest BCUT2D eigenvalue weighted by Crippen LogP contribution is 2.01. The Bertz CT molecular complexity index is 355. The van der Waals surface area contributed by atoms with Gasteiger partial charge in [0, 0.05) is 6.20 Å². The van der Waals surface area contributed by atoms with E-state index in [-0.39, 0.29) is 0 Å². The predicted molar refractivity (Wildman–Crippen MR) is 39.3 cm³/mol. The van der Waals surface area contributed by atoms with Gasteiger partial charge in [-0.05, 0) is 6.07 Å². The fourth-order valence-corrected chi connectivity index (χ4v) is 0.847. The Morgan fingerprint density at radius 2 is 2.30 bits per heavy atom. The molecule has 0 atom stereocenters. The molecule has 0 aromatic carbocycles. The van der Waals surface area contributed by atoms with E-state index in [1.807, 2.05) is 0 Å². The van der Waals surface area contributed by atoms with Gasteiger partial charge < -0.3 is 0 Å². The smallest absolute Gasteiger partial charge is 0.116 e. The Morgan fingerprint density at radius 3 is 3.20 bits per heavy atom. The minimum absolute atomic E-state index is 0.650. The molecule has 0 unspecified atom stereocenters. The lowest BCUT2D eigenvalue weighted by atomic mass is 9.99. The van der Waals surface area contributed by atoms with Gasteiger partial charge in [0.2, 0.25) is 0 Å². The zero-order chi connectivity index (χ0) is 6.97. The Kier molecular flexibility index (Phi) is 1.00. The standard InChI is InChI=1S/C6H4BN3/c7-4-1-5-6(8-2-4)3-9-10-5/h1-3H,(H,9,10). The molecule has 2 aromatic heterocycles. The first kappa shape index (κ1) is 5.47. The van der Waals surface area contributed by atoms with Crippen LogP contribution in [0.5, 0.6) is 0 Å². The number of hydrogen-bond donors (Lipinski definition) is 1. The van der Waals surface area contributed by atoms with Gasteiger partial charge in [0.25, 0.3) is 0 Å². The second kappa shape index (κ2) is 1.83. The molecule has 0 aliphatic rings. The van der Waals surface area contributed by atoms with Crippen LogP contribution < -0.4 is 5.46 Å². The number of H-pyrrole nitrogens is 1. The minimum Gasteiger partial charge on any atom is -0.276 e. The van der Waals surface area contributed by atoms with Crippen molar-refractivity contribution in [2.24, 2.45) is 0 Å². The lowest BCUT2D eigenvalue weighted by molar-refractivity contribution is 1.12. The van der Waals surface area contributed by atoms with Gasteiger partial charge in [0.1, 0.15) is 13.4 Å². The Balaban J connectivity index is 2.86. The van der Waals surface area contributed by atoms with Gasteiger partial charge in [-0.15, -0.1) is 0 Å². The Hall–Kier alpha value is -1.32. The summed E-state index contributed by atoms with van der Waals surface area (Å²) in [5, 5.41) is 6.57. The van der Waals surface area contributed by atoms with Gasteiger partial charge in [-0.25, -0.2) is 0 Å². The molecule has 2 aromatic rings. The highest BCUT2D eigenvalue weighted by molar-refractivity contribution is 6.32. The van der Waals surface area contributed by atoms with E-state index in [0.717, 1.165) is 11.0 Å². The number of fused-ring (bicyclic) bond motifs is 1. The number of rotatable bonds is 0. The monoisotopic (exact) mass is 129 g/mol. The summed E-state index contributed by atoms with van der Waals surface area (Å²) in [5.74, 6) is 0. The first-order valence-corrected chi connectivity index (χ1v) is 2.91. The fourth-order valence-electron chi connectivity index (χ4n) is 0.847. The molecule has 4 heteroatoms. The van der Waals surface area contributed by atoms with Crippen molar-refractivity contribution in [3.05, 3.63) is 18.5 Å². The molecule has 0 bridgehead atoms. The van der Waals surface area contributed by atoms with Crippen molar-refractivity contribution in [3.63, 3.8) is 0 Å². The summed E-state index contributed by atoms with van der Waals surface area (Å²) >= 11 is 0. The zero-order valence-electron chi connectivity index (χ0n) is 5.20. The fraction of sp³-hybridized carbons (Fsp3) is 0. The topological polar surface area (TPSA) is 41.6 Å². The third-order valence-electron chi connectivity index (χ3n) is 1.31. The molecule has 46 valence electrons. The summed E-state index contributed by atoms with van der Waals surface area (Å²) in [6, 6.07) is 1.80. The maximum Gasteiger partial charge on any atom is 0.116 e. The quantitative estimate of drug-likeness (QED) is 0.498. The van der Waals surface area contributed by atoms with Gasteiger partial charge in [0.05, 0.1) is 11.7 Å². The highest BCUT2D eigenvalue weighted by Gasteiger charge is 1.93. The number of nitrogens with one attached hydrogen (secondary N) is 1. The number of aromatic nitrogens is 3. The minimum atomic E-state index is 0.650. The van der Waals surface area contributed by atoms with E-state index >= 15 is 0 Å². The molecule has 2 rings (SSSR count). The van der Waals surface area contributed by atoms with Crippen LogP contribution in [0.15, 0.2) is 18.5 Å². The van der Waals surface area contributed by atoms with Crippen LogP contribution in [0.2, 0.25) is 0 Å². The summed E-state index contributed by atoms with van der Waals surface area (Å²) in [4.78, 5) is 4.02. The average molecular weight is 129 g/mol. The number of pyridine rings is 1. The van der Waals surface area contributed by atoms with Crippen molar-refractivity contribution in [2.45, 2.75) is 0 Å². The summed E-state index contributed by atoms with van der Waals surface area (Å²) in [5.41, 5.74) is 2.37. The van der Waals surface area contributed by atoms with Crippen LogP contribution in [0.1, 0.15) is 0 Å². The molecule has 2 radical (unpaired) electrons. The van der Waals surface area contributed by atoms with Crippen LogP contribution >= 0.6 is 0 Å². The molecule has 0 fully saturated rings. The van der Waals surface area contributed by atoms with E-state index in [9.17, 15) is 0 Å². The third-order valence-corrected chi connectivity index (χ3v) is 1.31. The molecular formula is C6H4BN3. The Morgan fingerprint density at radius 1 is 1.40 bits per heavy atom. The number of aromatic amines is 1. The largest absolute Gasteiger partial charge is 0.276 e. The molecule has 10 heavy (non-hydrogen) atoms. The molecule has 0 amide bonds. The van der Waals surface area contributed by atoms with Crippen LogP contribution in [-0.2, 0) is 0 Å². The molecule has 0 aliphatic carbocycles. The van der Waals surface area contributed by atoms with Crippen LogP contribution in [0.25, 0.3) is 11.0 Å². The average Bonchev–Trinajstić information content (AvgIpc) is 2.33. The molecule has 3 nitrogen and oxygen atoms in total. The lowest BCUT2D eigenvalue weighted by Gasteiger charge is -1.88. The normalized spacial score (nSPS) is 10.4. The van der Waals surface area contributed by atoms with Gasteiger partial charge in [-0.1, -0.05) is 5.46 Å². The second-order valence-electron chi connectivity index (χ2n) is 2.07. The van der Waals surface area contributed by atoms with E-state index in [2.05, 4.69) is 15.2 Å². The van der Waals surface area contributed by atoms with E-state index < -0.39 is 0 Å². The lowest BCUT2D eigenvalue weighted by Crippen LogP contribution is -2.01. The second-order valence-corrected chi connectivity index (χ2v) is 2.07. The summed E-state index contributed by atoms with van der Waals surface area (Å²) < 4.78 is 0. The van der Waals surface area contributed by atoms with Gasteiger partial charge in [-0.3, -0.25) is 10.1 Å². The maximum absolute atomic E-state index is 5.47. The van der Waals surface area contributed by atoms with Crippen LogP contribution in [0, 0.1) is 0 Å². The SMILES string of the molecule is [B]c1cnc2cn[nH]c2c1. The van der Waals surface area contributed by atoms with E-state index in [4.69, 9.17) is 7.85 Å². The number of hydrogen-bond acceptors (Lipinski definition) is 2. The van der Waals surface area contributed by atoms with Gasteiger partial charge in [0.15, 0.2) is 0 Å². The molecule has 2 heterocycles. The van der Waals surface area contributed by atoms with Crippen LogP contribution in [-0.4, -0.2) is 23.0 Å². The highest BCUT2D eigenvalue weighted by atomic mass is 15.1. The van der Waals surface area contributed by atoms with Gasteiger partial charge in [-0.2, -0.15) is 5.10 Å². The molecule has 0 spiro atoms. The van der Waals surface area contributed by atoms with Crippen molar-refractivity contribution in [1.82, 2.24) is 15.2 Å². The predicted octanol–water partition coefficient (Wildman–Crippen LogP) is -0.248. The van der Waals surface area contributed by atoms with Gasteiger partial charge >= 0.3 is 0 Å². The van der Waals surface area contributed by atoms with E-state index in [0.29, 0.717) is 5.46 Å². The van der Waals surface area contributed by atoms with Crippen molar-refractivity contribution >= 4 is 24.3 Å². The van der Waals surface area contributed by atoms with E-state index in [1.165, 1.54) is 0 Å². The first-order chi connectivity index (χ1) is 4.86. The van der Waals surface area contributed by atoms with Crippen molar-refractivity contribution in [1.29, 1.82) is 0 Å². The molecule has 1 N–H and O–H groups in total.